The molecule has 0 bridgehead atoms. The van der Waals surface area contributed by atoms with Gasteiger partial charge in [0.05, 0.1) is 6.10 Å². The van der Waals surface area contributed by atoms with Gasteiger partial charge in [0.25, 0.3) is 0 Å². The molecule has 2 atom stereocenters. The highest BCUT2D eigenvalue weighted by molar-refractivity contribution is 5.43. The van der Waals surface area contributed by atoms with Crippen molar-refractivity contribution in [1.29, 1.82) is 0 Å². The van der Waals surface area contributed by atoms with Gasteiger partial charge in [-0.25, -0.2) is 4.98 Å². The van der Waals surface area contributed by atoms with Gasteiger partial charge < -0.3 is 15.7 Å². The fourth-order valence-corrected chi connectivity index (χ4v) is 2.08. The van der Waals surface area contributed by atoms with E-state index in [9.17, 15) is 5.11 Å². The van der Waals surface area contributed by atoms with Gasteiger partial charge >= 0.3 is 0 Å². The summed E-state index contributed by atoms with van der Waals surface area (Å²) in [6.07, 6.45) is 0.539. The van der Waals surface area contributed by atoms with Crippen molar-refractivity contribution >= 4 is 11.8 Å². The van der Waals surface area contributed by atoms with Gasteiger partial charge in [-0.15, -0.1) is 0 Å². The van der Waals surface area contributed by atoms with E-state index in [0.717, 1.165) is 17.9 Å². The number of hydrogen-bond donors (Lipinski definition) is 3. The van der Waals surface area contributed by atoms with E-state index in [1.807, 2.05) is 13.0 Å². The molecule has 2 rings (SSSR count). The minimum absolute atomic E-state index is 0.0986. The second kappa shape index (κ2) is 4.14. The van der Waals surface area contributed by atoms with Gasteiger partial charge in [0.2, 0.25) is 5.95 Å². The van der Waals surface area contributed by atoms with Crippen LogP contribution in [0.5, 0.6) is 0 Å². The third kappa shape index (κ3) is 2.20. The molecule has 17 heavy (non-hydrogen) atoms. The Bertz CT molecular complexity index is 419. The first-order chi connectivity index (χ1) is 7.93. The number of hydrogen-bond acceptors (Lipinski definition) is 5. The molecule has 1 aliphatic rings. The number of nitrogens with one attached hydrogen (secondary N) is 2. The highest BCUT2D eigenvalue weighted by Crippen LogP contribution is 2.42. The Labute approximate surface area is 102 Å². The molecular formula is C12H20N4O. The lowest BCUT2D eigenvalue weighted by atomic mass is 9.64. The predicted molar refractivity (Wildman–Crippen MR) is 68.1 cm³/mol. The molecule has 1 aromatic heterocycles. The van der Waals surface area contributed by atoms with Crippen molar-refractivity contribution in [2.75, 3.05) is 17.7 Å². The maximum absolute atomic E-state index is 9.69. The first kappa shape index (κ1) is 12.1. The lowest BCUT2D eigenvalue weighted by molar-refractivity contribution is -0.0511. The van der Waals surface area contributed by atoms with Crippen molar-refractivity contribution in [3.05, 3.63) is 11.8 Å². The molecule has 1 heterocycles. The van der Waals surface area contributed by atoms with Gasteiger partial charge in [0.15, 0.2) is 0 Å². The lowest BCUT2D eigenvalue weighted by Gasteiger charge is -2.49. The van der Waals surface area contributed by atoms with E-state index in [4.69, 9.17) is 0 Å². The second-order valence-electron chi connectivity index (χ2n) is 5.24. The smallest absolute Gasteiger partial charge is 0.224 e. The van der Waals surface area contributed by atoms with E-state index < -0.39 is 0 Å². The monoisotopic (exact) mass is 236 g/mol. The Morgan fingerprint density at radius 1 is 1.41 bits per heavy atom. The van der Waals surface area contributed by atoms with E-state index in [2.05, 4.69) is 34.4 Å². The van der Waals surface area contributed by atoms with Crippen LogP contribution in [0, 0.1) is 12.3 Å². The van der Waals surface area contributed by atoms with Crippen LogP contribution in [-0.4, -0.2) is 34.3 Å². The quantitative estimate of drug-likeness (QED) is 0.740. The van der Waals surface area contributed by atoms with E-state index in [1.165, 1.54) is 0 Å². The summed E-state index contributed by atoms with van der Waals surface area (Å²) in [7, 11) is 1.80. The molecule has 5 heteroatoms. The summed E-state index contributed by atoms with van der Waals surface area (Å²) >= 11 is 0. The standard InChI is InChI=1S/C12H20N4O/c1-7-5-10(16-11(13-4)14-7)15-8-6-9(17)12(8,2)3/h5,8-9,17H,6H2,1-4H3,(H2,13,14,15,16). The molecule has 1 fully saturated rings. The SMILES string of the molecule is CNc1nc(C)cc(NC2CC(O)C2(C)C)n1. The molecule has 0 saturated heterocycles. The third-order valence-electron chi connectivity index (χ3n) is 3.62. The maximum Gasteiger partial charge on any atom is 0.224 e. The van der Waals surface area contributed by atoms with Crippen molar-refractivity contribution < 1.29 is 5.11 Å². The van der Waals surface area contributed by atoms with E-state index in [-0.39, 0.29) is 17.6 Å². The Hall–Kier alpha value is -1.36. The number of aliphatic hydroxyl groups is 1. The number of anilines is 2. The number of nitrogens with zero attached hydrogens (tertiary/aromatic N) is 2. The van der Waals surface area contributed by atoms with Crippen LogP contribution in [0.15, 0.2) is 6.07 Å². The third-order valence-corrected chi connectivity index (χ3v) is 3.62. The van der Waals surface area contributed by atoms with Crippen LogP contribution in [-0.2, 0) is 0 Å². The van der Waals surface area contributed by atoms with Gasteiger partial charge in [-0.2, -0.15) is 4.98 Å². The van der Waals surface area contributed by atoms with Crippen LogP contribution < -0.4 is 10.6 Å². The van der Waals surface area contributed by atoms with E-state index in [0.29, 0.717) is 5.95 Å². The summed E-state index contributed by atoms with van der Waals surface area (Å²) in [5.41, 5.74) is 0.822. The number of aryl methyl sites for hydroxylation is 1. The molecule has 94 valence electrons. The molecular weight excluding hydrogens is 216 g/mol. The Kier molecular flexibility index (Phi) is 2.95. The number of rotatable bonds is 3. The normalized spacial score (nSPS) is 26.2. The Balaban J connectivity index is 2.12. The largest absolute Gasteiger partial charge is 0.392 e. The average molecular weight is 236 g/mol. The average Bonchev–Trinajstić information content (AvgIpc) is 2.28. The molecule has 0 aromatic carbocycles. The highest BCUT2D eigenvalue weighted by Gasteiger charge is 2.47. The number of aliphatic hydroxyl groups excluding tert-OH is 1. The minimum atomic E-state index is -0.230. The van der Waals surface area contributed by atoms with Crippen LogP contribution >= 0.6 is 0 Å². The molecule has 1 aliphatic carbocycles. The van der Waals surface area contributed by atoms with Crippen molar-refractivity contribution in [2.45, 2.75) is 39.3 Å². The van der Waals surface area contributed by atoms with Gasteiger partial charge in [-0.05, 0) is 13.3 Å². The molecule has 5 nitrogen and oxygen atoms in total. The first-order valence-electron chi connectivity index (χ1n) is 5.91. The van der Waals surface area contributed by atoms with Crippen molar-refractivity contribution in [3.63, 3.8) is 0 Å². The van der Waals surface area contributed by atoms with Crippen LogP contribution in [0.25, 0.3) is 0 Å². The van der Waals surface area contributed by atoms with Crippen LogP contribution in [0.3, 0.4) is 0 Å². The zero-order valence-corrected chi connectivity index (χ0v) is 10.8. The summed E-state index contributed by atoms with van der Waals surface area (Å²) in [4.78, 5) is 8.59. The molecule has 0 spiro atoms. The van der Waals surface area contributed by atoms with Gasteiger partial charge in [0, 0.05) is 30.3 Å². The van der Waals surface area contributed by atoms with E-state index >= 15 is 0 Å². The molecule has 3 N–H and O–H groups in total. The fourth-order valence-electron chi connectivity index (χ4n) is 2.08. The lowest BCUT2D eigenvalue weighted by Crippen LogP contribution is -2.57. The van der Waals surface area contributed by atoms with Gasteiger partial charge in [-0.3, -0.25) is 0 Å². The van der Waals surface area contributed by atoms with Crippen molar-refractivity contribution in [2.24, 2.45) is 5.41 Å². The topological polar surface area (TPSA) is 70.1 Å². The zero-order chi connectivity index (χ0) is 12.6. The maximum atomic E-state index is 9.69. The second-order valence-corrected chi connectivity index (χ2v) is 5.24. The molecule has 2 unspecified atom stereocenters. The fraction of sp³-hybridized carbons (Fsp3) is 0.667. The Morgan fingerprint density at radius 3 is 2.65 bits per heavy atom. The summed E-state index contributed by atoms with van der Waals surface area (Å²) in [6.45, 7) is 6.06. The van der Waals surface area contributed by atoms with Crippen LogP contribution in [0.4, 0.5) is 11.8 Å². The minimum Gasteiger partial charge on any atom is -0.392 e. The predicted octanol–water partition coefficient (Wildman–Crippen LogP) is 1.40. The van der Waals surface area contributed by atoms with Crippen LogP contribution in [0.2, 0.25) is 0 Å². The highest BCUT2D eigenvalue weighted by atomic mass is 16.3. The molecule has 1 aromatic rings. The Morgan fingerprint density at radius 2 is 2.12 bits per heavy atom. The zero-order valence-electron chi connectivity index (χ0n) is 10.8. The molecule has 0 radical (unpaired) electrons. The van der Waals surface area contributed by atoms with Crippen molar-refractivity contribution in [1.82, 2.24) is 9.97 Å². The van der Waals surface area contributed by atoms with Gasteiger partial charge in [-0.1, -0.05) is 13.8 Å². The van der Waals surface area contributed by atoms with Crippen LogP contribution in [0.1, 0.15) is 26.0 Å². The summed E-state index contributed by atoms with van der Waals surface area (Å²) < 4.78 is 0. The summed E-state index contributed by atoms with van der Waals surface area (Å²) in [5.74, 6) is 1.43. The molecule has 0 aliphatic heterocycles. The molecule has 1 saturated carbocycles. The summed E-state index contributed by atoms with van der Waals surface area (Å²) in [6, 6.07) is 2.18. The van der Waals surface area contributed by atoms with Gasteiger partial charge in [0.1, 0.15) is 5.82 Å². The van der Waals surface area contributed by atoms with Crippen molar-refractivity contribution in [3.8, 4) is 0 Å². The van der Waals surface area contributed by atoms with E-state index in [1.54, 1.807) is 7.05 Å². The summed E-state index contributed by atoms with van der Waals surface area (Å²) in [5, 5.41) is 16.0. The molecule has 0 amide bonds. The first-order valence-corrected chi connectivity index (χ1v) is 5.91. The number of aromatic nitrogens is 2.